The smallest absolute Gasteiger partial charge is 0.383 e. The van der Waals surface area contributed by atoms with E-state index in [1.807, 2.05) is 4.90 Å². The minimum absolute atomic E-state index is 0.117. The van der Waals surface area contributed by atoms with Crippen molar-refractivity contribution in [3.8, 4) is 0 Å². The molecule has 0 saturated carbocycles. The number of hydrogen-bond acceptors (Lipinski definition) is 6. The third-order valence-electron chi connectivity index (χ3n) is 5.62. The van der Waals surface area contributed by atoms with Gasteiger partial charge in [-0.05, 0) is 25.1 Å². The Hall–Kier alpha value is -3.21. The highest BCUT2D eigenvalue weighted by atomic mass is 19.4. The van der Waals surface area contributed by atoms with Crippen molar-refractivity contribution in [1.82, 2.24) is 19.8 Å². The van der Waals surface area contributed by atoms with Crippen LogP contribution in [-0.2, 0) is 15.7 Å². The van der Waals surface area contributed by atoms with E-state index in [0.29, 0.717) is 50.7 Å². The molecule has 3 rings (SSSR count). The molecule has 184 valence electrons. The lowest BCUT2D eigenvalue weighted by molar-refractivity contribution is -0.137. The molecule has 2 aromatic rings. The minimum atomic E-state index is -4.40. The van der Waals surface area contributed by atoms with Gasteiger partial charge in [0.05, 0.1) is 24.1 Å². The van der Waals surface area contributed by atoms with E-state index in [1.165, 1.54) is 30.5 Å². The number of alkyl halides is 3. The van der Waals surface area contributed by atoms with E-state index in [-0.39, 0.29) is 30.5 Å². The van der Waals surface area contributed by atoms with Crippen LogP contribution < -0.4 is 4.90 Å². The van der Waals surface area contributed by atoms with Crippen molar-refractivity contribution in [2.75, 3.05) is 57.9 Å². The van der Waals surface area contributed by atoms with Crippen LogP contribution >= 0.6 is 0 Å². The molecule has 0 bridgehead atoms. The molecule has 34 heavy (non-hydrogen) atoms. The number of hydrogen-bond donors (Lipinski definition) is 0. The Morgan fingerprint density at radius 1 is 1.09 bits per heavy atom. The zero-order chi connectivity index (χ0) is 24.7. The summed E-state index contributed by atoms with van der Waals surface area (Å²) in [6.45, 7) is 4.24. The first-order valence-corrected chi connectivity index (χ1v) is 11.0. The maximum absolute atomic E-state index is 13.0. The number of anilines is 1. The van der Waals surface area contributed by atoms with Crippen LogP contribution in [0.25, 0.3) is 0 Å². The molecule has 1 saturated heterocycles. The van der Waals surface area contributed by atoms with E-state index in [1.54, 1.807) is 17.9 Å². The maximum atomic E-state index is 13.0. The molecule has 0 aliphatic carbocycles. The summed E-state index contributed by atoms with van der Waals surface area (Å²) in [5.74, 6) is -0.444. The number of aryl methyl sites for hydroxylation is 1. The first kappa shape index (κ1) is 25.4. The highest BCUT2D eigenvalue weighted by Gasteiger charge is 2.31. The van der Waals surface area contributed by atoms with Crippen LogP contribution in [0.5, 0.6) is 0 Å². The third kappa shape index (κ3) is 6.66. The fraction of sp³-hybridized carbons (Fsp3) is 0.478. The van der Waals surface area contributed by atoms with Gasteiger partial charge in [0, 0.05) is 64.7 Å². The van der Waals surface area contributed by atoms with Gasteiger partial charge in [0.1, 0.15) is 5.69 Å². The second kappa shape index (κ2) is 11.3. The molecule has 0 radical (unpaired) electrons. The summed E-state index contributed by atoms with van der Waals surface area (Å²) >= 11 is 0. The molecule has 8 nitrogen and oxygen atoms in total. The Bertz CT molecular complexity index is 977. The number of amides is 2. The molecule has 1 aromatic heterocycles. The van der Waals surface area contributed by atoms with E-state index in [4.69, 9.17) is 4.74 Å². The molecular formula is C23H28F3N5O3. The lowest BCUT2D eigenvalue weighted by Crippen LogP contribution is -2.49. The standard InChI is InChI=1S/C23H28F3N5O3/c1-17-15-28-20(16-27-17)22(33)31(12-13-34-2)7-6-21(32)30-10-8-29(9-11-30)19-5-3-4-18(14-19)23(24,25)26/h3-5,14-16H,6-13H2,1-2H3. The molecule has 0 spiro atoms. The summed E-state index contributed by atoms with van der Waals surface area (Å²) < 4.78 is 44.1. The van der Waals surface area contributed by atoms with Gasteiger partial charge in [0.15, 0.2) is 0 Å². The SMILES string of the molecule is COCCN(CCC(=O)N1CCN(c2cccc(C(F)(F)F)c2)CC1)C(=O)c1cnc(C)cn1. The summed E-state index contributed by atoms with van der Waals surface area (Å²) in [6.07, 6.45) is -1.36. The van der Waals surface area contributed by atoms with Crippen LogP contribution in [0.3, 0.4) is 0 Å². The van der Waals surface area contributed by atoms with E-state index >= 15 is 0 Å². The van der Waals surface area contributed by atoms with Crippen LogP contribution in [0.1, 0.15) is 28.2 Å². The second-order valence-electron chi connectivity index (χ2n) is 7.99. The molecule has 0 unspecified atom stereocenters. The van der Waals surface area contributed by atoms with Gasteiger partial charge >= 0.3 is 6.18 Å². The number of nitrogens with zero attached hydrogens (tertiary/aromatic N) is 5. The van der Waals surface area contributed by atoms with Crippen LogP contribution in [0.2, 0.25) is 0 Å². The maximum Gasteiger partial charge on any atom is 0.416 e. The Labute approximate surface area is 196 Å². The van der Waals surface area contributed by atoms with Crippen molar-refractivity contribution in [3.63, 3.8) is 0 Å². The van der Waals surface area contributed by atoms with Gasteiger partial charge in [0.25, 0.3) is 5.91 Å². The van der Waals surface area contributed by atoms with Crippen LogP contribution in [0.4, 0.5) is 18.9 Å². The van der Waals surface area contributed by atoms with Crippen molar-refractivity contribution in [2.45, 2.75) is 19.5 Å². The van der Waals surface area contributed by atoms with Crippen molar-refractivity contribution in [3.05, 3.63) is 53.6 Å². The van der Waals surface area contributed by atoms with Gasteiger partial charge in [-0.15, -0.1) is 0 Å². The zero-order valence-electron chi connectivity index (χ0n) is 19.2. The second-order valence-corrected chi connectivity index (χ2v) is 7.99. The lowest BCUT2D eigenvalue weighted by Gasteiger charge is -2.36. The van der Waals surface area contributed by atoms with Crippen molar-refractivity contribution < 1.29 is 27.5 Å². The lowest BCUT2D eigenvalue weighted by atomic mass is 10.1. The Morgan fingerprint density at radius 2 is 1.82 bits per heavy atom. The van der Waals surface area contributed by atoms with Crippen LogP contribution in [0.15, 0.2) is 36.7 Å². The van der Waals surface area contributed by atoms with E-state index in [0.717, 1.165) is 12.1 Å². The van der Waals surface area contributed by atoms with Gasteiger partial charge in [-0.1, -0.05) is 6.07 Å². The number of carbonyl (C=O) groups is 2. The predicted octanol–water partition coefficient (Wildman–Crippen LogP) is 2.63. The molecule has 1 aliphatic rings. The van der Waals surface area contributed by atoms with Crippen molar-refractivity contribution in [1.29, 1.82) is 0 Å². The average molecular weight is 480 g/mol. The number of rotatable bonds is 8. The molecule has 11 heteroatoms. The summed E-state index contributed by atoms with van der Waals surface area (Å²) in [4.78, 5) is 38.8. The van der Waals surface area contributed by atoms with E-state index in [9.17, 15) is 22.8 Å². The Morgan fingerprint density at radius 3 is 2.44 bits per heavy atom. The number of carbonyl (C=O) groups excluding carboxylic acids is 2. The quantitative estimate of drug-likeness (QED) is 0.579. The minimum Gasteiger partial charge on any atom is -0.383 e. The van der Waals surface area contributed by atoms with Gasteiger partial charge in [-0.25, -0.2) is 4.98 Å². The number of benzene rings is 1. The molecular weight excluding hydrogens is 451 g/mol. The number of halogens is 3. The van der Waals surface area contributed by atoms with Gasteiger partial charge in [0.2, 0.25) is 5.91 Å². The number of piperazine rings is 1. The summed E-state index contributed by atoms with van der Waals surface area (Å²) in [7, 11) is 1.53. The largest absolute Gasteiger partial charge is 0.416 e. The molecule has 1 aromatic carbocycles. The number of methoxy groups -OCH3 is 1. The van der Waals surface area contributed by atoms with Crippen molar-refractivity contribution in [2.24, 2.45) is 0 Å². The Kier molecular flexibility index (Phi) is 8.43. The first-order valence-electron chi connectivity index (χ1n) is 11.0. The number of aromatic nitrogens is 2. The average Bonchev–Trinajstić information content (AvgIpc) is 2.83. The van der Waals surface area contributed by atoms with Crippen LogP contribution in [0, 0.1) is 6.92 Å². The molecule has 2 heterocycles. The fourth-order valence-electron chi connectivity index (χ4n) is 3.66. The third-order valence-corrected chi connectivity index (χ3v) is 5.62. The van der Waals surface area contributed by atoms with Gasteiger partial charge in [-0.3, -0.25) is 14.6 Å². The first-order chi connectivity index (χ1) is 16.2. The van der Waals surface area contributed by atoms with Crippen molar-refractivity contribution >= 4 is 17.5 Å². The fourth-order valence-corrected chi connectivity index (χ4v) is 3.66. The zero-order valence-corrected chi connectivity index (χ0v) is 19.2. The topological polar surface area (TPSA) is 78.9 Å². The molecule has 2 amide bonds. The summed E-state index contributed by atoms with van der Waals surface area (Å²) in [5.41, 5.74) is 0.684. The molecule has 1 fully saturated rings. The van der Waals surface area contributed by atoms with Crippen LogP contribution in [-0.4, -0.2) is 84.6 Å². The summed E-state index contributed by atoms with van der Waals surface area (Å²) in [6, 6.07) is 5.20. The normalized spacial score (nSPS) is 14.3. The predicted molar refractivity (Wildman–Crippen MR) is 119 cm³/mol. The monoisotopic (exact) mass is 479 g/mol. The van der Waals surface area contributed by atoms with Gasteiger partial charge < -0.3 is 19.4 Å². The van der Waals surface area contributed by atoms with Gasteiger partial charge in [-0.2, -0.15) is 13.2 Å². The molecule has 1 aliphatic heterocycles. The highest BCUT2D eigenvalue weighted by molar-refractivity contribution is 5.92. The highest BCUT2D eigenvalue weighted by Crippen LogP contribution is 2.31. The number of ether oxygens (including phenoxy) is 1. The summed E-state index contributed by atoms with van der Waals surface area (Å²) in [5, 5.41) is 0. The van der Waals surface area contributed by atoms with E-state index < -0.39 is 11.7 Å². The molecule has 0 N–H and O–H groups in total. The Balaban J connectivity index is 1.55. The molecule has 0 atom stereocenters. The van der Waals surface area contributed by atoms with E-state index in [2.05, 4.69) is 9.97 Å².